The molecule has 1 saturated carbocycles. The van der Waals surface area contributed by atoms with Gasteiger partial charge in [-0.25, -0.2) is 0 Å². The molecule has 0 spiro atoms. The van der Waals surface area contributed by atoms with Gasteiger partial charge in [0.1, 0.15) is 6.33 Å². The maximum Gasteiger partial charge on any atom is 0.164 e. The third-order valence-electron chi connectivity index (χ3n) is 3.55. The number of anilines is 1. The summed E-state index contributed by atoms with van der Waals surface area (Å²) in [5, 5.41) is 8.81. The lowest BCUT2D eigenvalue weighted by atomic mass is 10.1. The molecule has 0 bridgehead atoms. The van der Waals surface area contributed by atoms with Gasteiger partial charge in [0.2, 0.25) is 0 Å². The zero-order valence-corrected chi connectivity index (χ0v) is 10.8. The summed E-state index contributed by atoms with van der Waals surface area (Å²) >= 11 is 6.06. The van der Waals surface area contributed by atoms with Crippen LogP contribution in [0.3, 0.4) is 0 Å². The lowest BCUT2D eigenvalue weighted by Crippen LogP contribution is -2.05. The minimum Gasteiger partial charge on any atom is -0.398 e. The Morgan fingerprint density at radius 2 is 2.06 bits per heavy atom. The molecule has 1 aliphatic carbocycles. The van der Waals surface area contributed by atoms with Gasteiger partial charge in [-0.2, -0.15) is 0 Å². The Morgan fingerprint density at radius 1 is 1.28 bits per heavy atom. The molecule has 3 rings (SSSR count). The first-order chi connectivity index (χ1) is 8.75. The minimum absolute atomic E-state index is 0.520. The largest absolute Gasteiger partial charge is 0.398 e. The van der Waals surface area contributed by atoms with Gasteiger partial charge in [-0.3, -0.25) is 0 Å². The summed E-state index contributed by atoms with van der Waals surface area (Å²) in [6.07, 6.45) is 6.78. The molecule has 0 unspecified atom stereocenters. The first-order valence-corrected chi connectivity index (χ1v) is 6.58. The zero-order chi connectivity index (χ0) is 12.5. The van der Waals surface area contributed by atoms with Gasteiger partial charge in [0.05, 0.1) is 10.7 Å². The van der Waals surface area contributed by atoms with Crippen molar-refractivity contribution in [1.82, 2.24) is 14.8 Å². The fourth-order valence-electron chi connectivity index (χ4n) is 2.57. The van der Waals surface area contributed by atoms with Crippen LogP contribution in [0.1, 0.15) is 31.7 Å². The number of hydrogen-bond donors (Lipinski definition) is 1. The third kappa shape index (κ3) is 1.97. The highest BCUT2D eigenvalue weighted by Crippen LogP contribution is 2.33. The average molecular weight is 263 g/mol. The maximum atomic E-state index is 6.06. The molecule has 1 aliphatic rings. The molecule has 1 aromatic carbocycles. The van der Waals surface area contributed by atoms with Gasteiger partial charge in [0.25, 0.3) is 0 Å². The summed E-state index contributed by atoms with van der Waals surface area (Å²) in [4.78, 5) is 0. The van der Waals surface area contributed by atoms with Crippen molar-refractivity contribution in [2.45, 2.75) is 31.7 Å². The van der Waals surface area contributed by atoms with E-state index in [0.29, 0.717) is 16.8 Å². The Hall–Kier alpha value is -1.55. The van der Waals surface area contributed by atoms with E-state index >= 15 is 0 Å². The molecule has 2 aromatic rings. The Labute approximate surface area is 111 Å². The Balaban J connectivity index is 2.00. The van der Waals surface area contributed by atoms with E-state index in [1.165, 1.54) is 25.7 Å². The van der Waals surface area contributed by atoms with E-state index in [4.69, 9.17) is 17.3 Å². The second-order valence-electron chi connectivity index (χ2n) is 4.74. The van der Waals surface area contributed by atoms with Crippen molar-refractivity contribution in [3.05, 3.63) is 29.5 Å². The van der Waals surface area contributed by atoms with Crippen LogP contribution in [0.15, 0.2) is 24.5 Å². The van der Waals surface area contributed by atoms with E-state index in [9.17, 15) is 0 Å². The van der Waals surface area contributed by atoms with Crippen LogP contribution in [0.4, 0.5) is 5.69 Å². The van der Waals surface area contributed by atoms with Crippen molar-refractivity contribution in [1.29, 1.82) is 0 Å². The molecule has 5 heteroatoms. The molecular weight excluding hydrogens is 248 g/mol. The van der Waals surface area contributed by atoms with Crippen LogP contribution in [-0.2, 0) is 0 Å². The molecule has 0 aliphatic heterocycles. The van der Waals surface area contributed by atoms with Crippen molar-refractivity contribution in [3.8, 4) is 11.4 Å². The molecule has 1 aromatic heterocycles. The number of hydrogen-bond acceptors (Lipinski definition) is 3. The summed E-state index contributed by atoms with van der Waals surface area (Å²) in [6, 6.07) is 6.13. The number of aromatic nitrogens is 3. The molecule has 2 N–H and O–H groups in total. The highest BCUT2D eigenvalue weighted by atomic mass is 35.5. The van der Waals surface area contributed by atoms with E-state index in [1.807, 2.05) is 24.5 Å². The quantitative estimate of drug-likeness (QED) is 0.845. The van der Waals surface area contributed by atoms with Crippen LogP contribution >= 0.6 is 11.6 Å². The van der Waals surface area contributed by atoms with E-state index in [2.05, 4.69) is 14.8 Å². The van der Waals surface area contributed by atoms with Crippen molar-refractivity contribution < 1.29 is 0 Å². The highest BCUT2D eigenvalue weighted by molar-refractivity contribution is 6.33. The van der Waals surface area contributed by atoms with Crippen molar-refractivity contribution >= 4 is 17.3 Å². The van der Waals surface area contributed by atoms with Gasteiger partial charge in [-0.1, -0.05) is 24.4 Å². The van der Waals surface area contributed by atoms with Gasteiger partial charge in [-0.05, 0) is 31.0 Å². The number of benzene rings is 1. The monoisotopic (exact) mass is 262 g/mol. The van der Waals surface area contributed by atoms with E-state index in [0.717, 1.165) is 11.4 Å². The third-order valence-corrected chi connectivity index (χ3v) is 3.88. The predicted molar refractivity (Wildman–Crippen MR) is 72.4 cm³/mol. The number of nitrogens with zero attached hydrogens (tertiary/aromatic N) is 3. The van der Waals surface area contributed by atoms with Crippen LogP contribution in [0.25, 0.3) is 11.4 Å². The molecule has 0 radical (unpaired) electrons. The van der Waals surface area contributed by atoms with Crippen LogP contribution in [-0.4, -0.2) is 14.8 Å². The molecule has 1 heterocycles. The molecule has 94 valence electrons. The number of rotatable bonds is 2. The molecule has 1 fully saturated rings. The number of nitrogens with two attached hydrogens (primary N) is 1. The molecular formula is C13H15ClN4. The van der Waals surface area contributed by atoms with Gasteiger partial charge in [0, 0.05) is 11.6 Å². The Morgan fingerprint density at radius 3 is 2.78 bits per heavy atom. The minimum atomic E-state index is 0.520. The molecule has 0 amide bonds. The van der Waals surface area contributed by atoms with Gasteiger partial charge in [-0.15, -0.1) is 10.2 Å². The first kappa shape index (κ1) is 11.5. The smallest absolute Gasteiger partial charge is 0.164 e. The second kappa shape index (κ2) is 4.61. The average Bonchev–Trinajstić information content (AvgIpc) is 3.00. The summed E-state index contributed by atoms with van der Waals surface area (Å²) in [5.74, 6) is 0.879. The van der Waals surface area contributed by atoms with Gasteiger partial charge < -0.3 is 10.3 Å². The second-order valence-corrected chi connectivity index (χ2v) is 5.14. The SMILES string of the molecule is Nc1ccc(-c2nncn2C2CCCC2)cc1Cl. The zero-order valence-electron chi connectivity index (χ0n) is 10.0. The van der Waals surface area contributed by atoms with E-state index in [1.54, 1.807) is 0 Å². The number of halogens is 1. The van der Waals surface area contributed by atoms with Crippen molar-refractivity contribution in [3.63, 3.8) is 0 Å². The fraction of sp³-hybridized carbons (Fsp3) is 0.385. The highest BCUT2D eigenvalue weighted by Gasteiger charge is 2.20. The standard InChI is InChI=1S/C13H15ClN4/c14-11-7-9(5-6-12(11)15)13-17-16-8-18(13)10-3-1-2-4-10/h5-8,10H,1-4,15H2. The maximum absolute atomic E-state index is 6.06. The molecule has 0 atom stereocenters. The fourth-order valence-corrected chi connectivity index (χ4v) is 2.75. The van der Waals surface area contributed by atoms with Crippen molar-refractivity contribution in [2.24, 2.45) is 0 Å². The summed E-state index contributed by atoms with van der Waals surface area (Å²) in [7, 11) is 0. The normalized spacial score (nSPS) is 16.3. The first-order valence-electron chi connectivity index (χ1n) is 6.20. The lowest BCUT2D eigenvalue weighted by Gasteiger charge is -2.13. The topological polar surface area (TPSA) is 56.7 Å². The number of nitrogen functional groups attached to an aromatic ring is 1. The summed E-state index contributed by atoms with van der Waals surface area (Å²) in [5.41, 5.74) is 7.29. The van der Waals surface area contributed by atoms with Gasteiger partial charge >= 0.3 is 0 Å². The van der Waals surface area contributed by atoms with Crippen LogP contribution in [0.5, 0.6) is 0 Å². The van der Waals surface area contributed by atoms with Crippen LogP contribution < -0.4 is 5.73 Å². The van der Waals surface area contributed by atoms with Crippen LogP contribution in [0.2, 0.25) is 5.02 Å². The summed E-state index contributed by atoms with van der Waals surface area (Å²) in [6.45, 7) is 0. The predicted octanol–water partition coefficient (Wildman–Crippen LogP) is 3.30. The van der Waals surface area contributed by atoms with Crippen LogP contribution in [0, 0.1) is 0 Å². The van der Waals surface area contributed by atoms with Crippen molar-refractivity contribution in [2.75, 3.05) is 5.73 Å². The van der Waals surface area contributed by atoms with E-state index in [-0.39, 0.29) is 0 Å². The molecule has 4 nitrogen and oxygen atoms in total. The molecule has 18 heavy (non-hydrogen) atoms. The molecule has 0 saturated heterocycles. The Bertz CT molecular complexity index is 558. The van der Waals surface area contributed by atoms with E-state index < -0.39 is 0 Å². The lowest BCUT2D eigenvalue weighted by molar-refractivity contribution is 0.522. The summed E-state index contributed by atoms with van der Waals surface area (Å²) < 4.78 is 2.16. The Kier molecular flexibility index (Phi) is 2.96. The van der Waals surface area contributed by atoms with Gasteiger partial charge in [0.15, 0.2) is 5.82 Å².